The van der Waals surface area contributed by atoms with E-state index in [9.17, 15) is 19.5 Å². The molecule has 3 aliphatic rings. The van der Waals surface area contributed by atoms with Gasteiger partial charge in [-0.05, 0) is 47.5 Å². The van der Waals surface area contributed by atoms with Crippen molar-refractivity contribution in [1.29, 1.82) is 0 Å². The third-order valence-corrected chi connectivity index (χ3v) is 5.53. The molecule has 0 radical (unpaired) electrons. The summed E-state index contributed by atoms with van der Waals surface area (Å²) in [4.78, 5) is 40.8. The summed E-state index contributed by atoms with van der Waals surface area (Å²) in [6, 6.07) is -0.480. The molecule has 3 fully saturated rings. The summed E-state index contributed by atoms with van der Waals surface area (Å²) in [5, 5.41) is 9.70. The fourth-order valence-electron chi connectivity index (χ4n) is 4.74. The predicted molar refractivity (Wildman–Crippen MR) is 85.3 cm³/mol. The first-order valence-electron chi connectivity index (χ1n) is 8.55. The Bertz CT molecular complexity index is 596. The molecule has 3 rings (SSSR count). The van der Waals surface area contributed by atoms with Crippen LogP contribution in [0.3, 0.4) is 0 Å². The van der Waals surface area contributed by atoms with Crippen LogP contribution in [0.15, 0.2) is 0 Å². The van der Waals surface area contributed by atoms with Crippen LogP contribution in [0.2, 0.25) is 0 Å². The number of ether oxygens (including phenoxy) is 1. The molecule has 24 heavy (non-hydrogen) atoms. The van der Waals surface area contributed by atoms with Crippen LogP contribution in [0.5, 0.6) is 0 Å². The fourth-order valence-corrected chi connectivity index (χ4v) is 4.74. The Morgan fingerprint density at radius 2 is 1.96 bits per heavy atom. The van der Waals surface area contributed by atoms with Crippen molar-refractivity contribution in [2.75, 3.05) is 6.54 Å². The molecule has 134 valence electrons. The lowest BCUT2D eigenvalue weighted by atomic mass is 9.73. The molecule has 7 heteroatoms. The van der Waals surface area contributed by atoms with Crippen molar-refractivity contribution < 1.29 is 24.2 Å². The number of amides is 2. The zero-order valence-corrected chi connectivity index (χ0v) is 14.9. The first kappa shape index (κ1) is 17.0. The standard InChI is InChI=1S/C17H26N2O5/c1-9(2)18-8-17-7-6-10(11(14(21)22)12(17)13(18)20)19(17)15(23)24-16(3,4)5/h9-12H,6-8H2,1-5H3,(H,21,22)/t10-,11+,12+,17-/m0/s1. The molecule has 4 atom stereocenters. The smallest absolute Gasteiger partial charge is 0.411 e. The number of fused-ring (bicyclic) bond motifs is 1. The number of rotatable bonds is 2. The highest BCUT2D eigenvalue weighted by atomic mass is 16.6. The summed E-state index contributed by atoms with van der Waals surface area (Å²) in [6.45, 7) is 9.58. The van der Waals surface area contributed by atoms with Crippen LogP contribution in [-0.2, 0) is 14.3 Å². The van der Waals surface area contributed by atoms with Gasteiger partial charge in [0.1, 0.15) is 5.60 Å². The van der Waals surface area contributed by atoms with Gasteiger partial charge >= 0.3 is 12.1 Å². The maximum atomic E-state index is 12.9. The van der Waals surface area contributed by atoms with Gasteiger partial charge in [0.25, 0.3) is 0 Å². The second-order valence-corrected chi connectivity index (χ2v) is 8.46. The summed E-state index contributed by atoms with van der Waals surface area (Å²) in [5.74, 6) is -2.65. The average Bonchev–Trinajstić information content (AvgIpc) is 3.01. The highest BCUT2D eigenvalue weighted by Gasteiger charge is 2.73. The number of likely N-dealkylation sites (tertiary alicyclic amines) is 1. The number of aliphatic carboxylic acids is 1. The molecule has 1 spiro atoms. The van der Waals surface area contributed by atoms with Gasteiger partial charge in [-0.25, -0.2) is 4.79 Å². The van der Waals surface area contributed by atoms with Crippen LogP contribution in [0.4, 0.5) is 4.79 Å². The number of carbonyl (C=O) groups excluding carboxylic acids is 2. The minimum atomic E-state index is -1.00. The van der Waals surface area contributed by atoms with Gasteiger partial charge in [-0.3, -0.25) is 14.5 Å². The van der Waals surface area contributed by atoms with Crippen molar-refractivity contribution in [2.45, 2.75) is 70.7 Å². The van der Waals surface area contributed by atoms with Crippen molar-refractivity contribution in [3.05, 3.63) is 0 Å². The number of hydrogen-bond acceptors (Lipinski definition) is 4. The van der Waals surface area contributed by atoms with Crippen molar-refractivity contribution in [3.63, 3.8) is 0 Å². The van der Waals surface area contributed by atoms with Gasteiger partial charge in [-0.1, -0.05) is 0 Å². The van der Waals surface area contributed by atoms with E-state index in [1.807, 2.05) is 13.8 Å². The molecule has 2 bridgehead atoms. The van der Waals surface area contributed by atoms with E-state index in [4.69, 9.17) is 4.74 Å². The van der Waals surface area contributed by atoms with Crippen LogP contribution in [-0.4, -0.2) is 62.6 Å². The zero-order chi connectivity index (χ0) is 18.0. The molecule has 2 amide bonds. The second-order valence-electron chi connectivity index (χ2n) is 8.46. The molecular weight excluding hydrogens is 312 g/mol. The van der Waals surface area contributed by atoms with Crippen molar-refractivity contribution in [2.24, 2.45) is 11.8 Å². The van der Waals surface area contributed by atoms with Gasteiger partial charge in [-0.15, -0.1) is 0 Å². The maximum Gasteiger partial charge on any atom is 0.411 e. The second kappa shape index (κ2) is 5.10. The van der Waals surface area contributed by atoms with Gasteiger partial charge < -0.3 is 14.7 Å². The van der Waals surface area contributed by atoms with Gasteiger partial charge in [0.2, 0.25) is 5.91 Å². The minimum absolute atomic E-state index is 0.0218. The molecule has 0 aromatic rings. The van der Waals surface area contributed by atoms with Crippen molar-refractivity contribution in [1.82, 2.24) is 9.80 Å². The van der Waals surface area contributed by atoms with Gasteiger partial charge in [0.15, 0.2) is 0 Å². The van der Waals surface area contributed by atoms with E-state index in [0.29, 0.717) is 19.4 Å². The molecule has 3 heterocycles. The van der Waals surface area contributed by atoms with E-state index in [2.05, 4.69) is 0 Å². The minimum Gasteiger partial charge on any atom is -0.481 e. The monoisotopic (exact) mass is 338 g/mol. The third kappa shape index (κ3) is 2.20. The van der Waals surface area contributed by atoms with E-state index in [1.165, 1.54) is 0 Å². The normalized spacial score (nSPS) is 34.9. The number of hydrogen-bond donors (Lipinski definition) is 1. The third-order valence-electron chi connectivity index (χ3n) is 5.53. The van der Waals surface area contributed by atoms with E-state index < -0.39 is 41.1 Å². The summed E-state index contributed by atoms with van der Waals surface area (Å²) in [5.41, 5.74) is -1.40. The zero-order valence-electron chi connectivity index (χ0n) is 14.9. The summed E-state index contributed by atoms with van der Waals surface area (Å²) in [6.07, 6.45) is 0.754. The quantitative estimate of drug-likeness (QED) is 0.828. The molecule has 0 saturated carbocycles. The average molecular weight is 338 g/mol. The molecule has 0 aromatic heterocycles. The van der Waals surface area contributed by atoms with Gasteiger partial charge in [-0.2, -0.15) is 0 Å². The van der Waals surface area contributed by atoms with E-state index in [1.54, 1.807) is 30.6 Å². The number of nitrogens with zero attached hydrogens (tertiary/aromatic N) is 2. The number of carboxylic acids is 1. The Morgan fingerprint density at radius 3 is 2.46 bits per heavy atom. The van der Waals surface area contributed by atoms with Crippen LogP contribution in [0.1, 0.15) is 47.5 Å². The first-order chi connectivity index (χ1) is 11.0. The lowest BCUT2D eigenvalue weighted by molar-refractivity contribution is -0.149. The topological polar surface area (TPSA) is 87.2 Å². The Kier molecular flexibility index (Phi) is 3.62. The van der Waals surface area contributed by atoms with E-state index in [-0.39, 0.29) is 11.9 Å². The van der Waals surface area contributed by atoms with Gasteiger partial charge in [0.05, 0.1) is 17.4 Å². The molecule has 7 nitrogen and oxygen atoms in total. The lowest BCUT2D eigenvalue weighted by Gasteiger charge is -2.35. The molecule has 0 aliphatic carbocycles. The van der Waals surface area contributed by atoms with Crippen LogP contribution < -0.4 is 0 Å². The SMILES string of the molecule is CC(C)N1C[C@@]23CC[C@@H]([C@@H](C(=O)O)[C@@H]2C1=O)N3C(=O)OC(C)(C)C. The maximum absolute atomic E-state index is 12.9. The summed E-state index contributed by atoms with van der Waals surface area (Å²) < 4.78 is 5.53. The molecule has 0 unspecified atom stereocenters. The molecule has 3 saturated heterocycles. The molecule has 0 aromatic carbocycles. The highest BCUT2D eigenvalue weighted by Crippen LogP contribution is 2.58. The van der Waals surface area contributed by atoms with Gasteiger partial charge in [0, 0.05) is 18.6 Å². The van der Waals surface area contributed by atoms with Crippen LogP contribution in [0, 0.1) is 11.8 Å². The Hall–Kier alpha value is -1.79. The highest BCUT2D eigenvalue weighted by molar-refractivity contribution is 5.92. The van der Waals surface area contributed by atoms with E-state index >= 15 is 0 Å². The first-order valence-corrected chi connectivity index (χ1v) is 8.55. The Balaban J connectivity index is 2.02. The summed E-state index contributed by atoms with van der Waals surface area (Å²) >= 11 is 0. The van der Waals surface area contributed by atoms with Crippen molar-refractivity contribution >= 4 is 18.0 Å². The molecular formula is C17H26N2O5. The predicted octanol–water partition coefficient (Wildman–Crippen LogP) is 1.71. The largest absolute Gasteiger partial charge is 0.481 e. The fraction of sp³-hybridized carbons (Fsp3) is 0.824. The van der Waals surface area contributed by atoms with E-state index in [0.717, 1.165) is 0 Å². The number of carboxylic acid groups (broad SMARTS) is 1. The van der Waals surface area contributed by atoms with Crippen LogP contribution in [0.25, 0.3) is 0 Å². The Labute approximate surface area is 141 Å². The lowest BCUT2D eigenvalue weighted by Crippen LogP contribution is -2.51. The number of carbonyl (C=O) groups is 3. The van der Waals surface area contributed by atoms with Crippen molar-refractivity contribution in [3.8, 4) is 0 Å². The molecule has 3 aliphatic heterocycles. The molecule has 1 N–H and O–H groups in total. The van der Waals surface area contributed by atoms with Crippen LogP contribution >= 0.6 is 0 Å². The summed E-state index contributed by atoms with van der Waals surface area (Å²) in [7, 11) is 0. The Morgan fingerprint density at radius 1 is 1.33 bits per heavy atom.